The Kier molecular flexibility index (Phi) is 3.70. The molecule has 0 spiro atoms. The average Bonchev–Trinajstić information content (AvgIpc) is 2.13. The molecule has 0 heterocycles. The molecule has 0 radical (unpaired) electrons. The van der Waals surface area contributed by atoms with E-state index in [1.807, 2.05) is 4.72 Å². The van der Waals surface area contributed by atoms with Crippen LogP contribution in [-0.2, 0) is 16.2 Å². The van der Waals surface area contributed by atoms with E-state index in [2.05, 4.69) is 0 Å². The van der Waals surface area contributed by atoms with Crippen molar-refractivity contribution in [3.8, 4) is 0 Å². The zero-order valence-corrected chi connectivity index (χ0v) is 10.3. The maximum absolute atomic E-state index is 12.5. The van der Waals surface area contributed by atoms with Gasteiger partial charge in [-0.3, -0.25) is 9.52 Å². The van der Waals surface area contributed by atoms with Crippen LogP contribution in [0.5, 0.6) is 0 Å². The van der Waals surface area contributed by atoms with E-state index in [9.17, 15) is 26.4 Å². The number of sulfonamides is 1. The van der Waals surface area contributed by atoms with Crippen LogP contribution >= 0.6 is 0 Å². The van der Waals surface area contributed by atoms with Crippen LogP contribution in [0.25, 0.3) is 0 Å². The summed E-state index contributed by atoms with van der Waals surface area (Å²) in [7, 11) is -3.66. The summed E-state index contributed by atoms with van der Waals surface area (Å²) in [5.74, 6) is -0.660. The van der Waals surface area contributed by atoms with Gasteiger partial charge in [-0.15, -0.1) is 0 Å². The molecular formula is C10H10F3NO3S. The summed E-state index contributed by atoms with van der Waals surface area (Å²) in [5.41, 5.74) is -1.50. The molecule has 0 saturated heterocycles. The van der Waals surface area contributed by atoms with Crippen molar-refractivity contribution in [3.05, 3.63) is 29.3 Å². The van der Waals surface area contributed by atoms with Crippen LogP contribution < -0.4 is 4.72 Å². The van der Waals surface area contributed by atoms with Crippen molar-refractivity contribution in [2.45, 2.75) is 13.1 Å². The topological polar surface area (TPSA) is 63.2 Å². The van der Waals surface area contributed by atoms with E-state index < -0.39 is 27.5 Å². The minimum Gasteiger partial charge on any atom is -0.294 e. The zero-order valence-electron chi connectivity index (χ0n) is 9.50. The molecule has 0 aliphatic carbocycles. The molecule has 1 rings (SSSR count). The molecule has 4 nitrogen and oxygen atoms in total. The van der Waals surface area contributed by atoms with Crippen molar-refractivity contribution < 1.29 is 26.4 Å². The van der Waals surface area contributed by atoms with Crippen LogP contribution in [0.4, 0.5) is 18.9 Å². The molecule has 18 heavy (non-hydrogen) atoms. The highest BCUT2D eigenvalue weighted by Gasteiger charge is 2.31. The number of alkyl halides is 3. The third kappa shape index (κ3) is 3.73. The van der Waals surface area contributed by atoms with Crippen molar-refractivity contribution in [3.63, 3.8) is 0 Å². The Bertz CT molecular complexity index is 579. The molecule has 0 fully saturated rings. The lowest BCUT2D eigenvalue weighted by Crippen LogP contribution is -2.14. The molecule has 100 valence electrons. The van der Waals surface area contributed by atoms with E-state index in [0.29, 0.717) is 12.1 Å². The summed E-state index contributed by atoms with van der Waals surface area (Å²) < 4.78 is 61.4. The first-order chi connectivity index (χ1) is 8.00. The lowest BCUT2D eigenvalue weighted by atomic mass is 10.1. The molecule has 0 amide bonds. The van der Waals surface area contributed by atoms with Gasteiger partial charge >= 0.3 is 6.18 Å². The van der Waals surface area contributed by atoms with Crippen LogP contribution in [0.3, 0.4) is 0 Å². The maximum atomic E-state index is 12.5. The quantitative estimate of drug-likeness (QED) is 0.864. The van der Waals surface area contributed by atoms with Gasteiger partial charge in [0, 0.05) is 5.56 Å². The number of carbonyl (C=O) groups excluding carboxylic acids is 1. The second-order valence-corrected chi connectivity index (χ2v) is 5.44. The fourth-order valence-electron chi connectivity index (χ4n) is 1.30. The molecule has 1 N–H and O–H groups in total. The van der Waals surface area contributed by atoms with Crippen molar-refractivity contribution in [2.75, 3.05) is 11.0 Å². The molecule has 0 bridgehead atoms. The molecule has 0 aliphatic rings. The van der Waals surface area contributed by atoms with E-state index in [4.69, 9.17) is 0 Å². The lowest BCUT2D eigenvalue weighted by molar-refractivity contribution is -0.137. The van der Waals surface area contributed by atoms with Crippen LogP contribution in [0.1, 0.15) is 22.8 Å². The Morgan fingerprint density at radius 1 is 1.28 bits per heavy atom. The van der Waals surface area contributed by atoms with E-state index >= 15 is 0 Å². The van der Waals surface area contributed by atoms with Crippen molar-refractivity contribution in [1.82, 2.24) is 0 Å². The summed E-state index contributed by atoms with van der Waals surface area (Å²) in [6, 6.07) is 2.25. The van der Waals surface area contributed by atoms with Crippen molar-refractivity contribution in [2.24, 2.45) is 0 Å². The number of anilines is 1. The molecule has 0 saturated carbocycles. The van der Waals surface area contributed by atoms with Gasteiger partial charge in [0.05, 0.1) is 17.5 Å². The zero-order chi connectivity index (χ0) is 14.1. The maximum Gasteiger partial charge on any atom is 0.416 e. The highest BCUT2D eigenvalue weighted by atomic mass is 32.2. The smallest absolute Gasteiger partial charge is 0.294 e. The minimum atomic E-state index is -4.59. The standard InChI is InChI=1S/C10H10F3NO3S/c1-6(15)8-5-7(10(11,12)13)3-4-9(8)14-18(2,16)17/h3-5,14H,1-2H3. The number of ketones is 1. The highest BCUT2D eigenvalue weighted by molar-refractivity contribution is 7.92. The van der Waals surface area contributed by atoms with Gasteiger partial charge in [0.2, 0.25) is 10.0 Å². The largest absolute Gasteiger partial charge is 0.416 e. The number of nitrogens with one attached hydrogen (secondary N) is 1. The Morgan fingerprint density at radius 3 is 2.22 bits per heavy atom. The van der Waals surface area contributed by atoms with Gasteiger partial charge in [-0.2, -0.15) is 13.2 Å². The molecule has 1 aromatic carbocycles. The van der Waals surface area contributed by atoms with Crippen LogP contribution in [0.15, 0.2) is 18.2 Å². The third-order valence-electron chi connectivity index (χ3n) is 2.02. The first-order valence-electron chi connectivity index (χ1n) is 4.70. The normalized spacial score (nSPS) is 12.3. The lowest BCUT2D eigenvalue weighted by Gasteiger charge is -2.12. The van der Waals surface area contributed by atoms with Crippen LogP contribution in [0.2, 0.25) is 0 Å². The molecule has 0 aromatic heterocycles. The Labute approximate surface area is 102 Å². The molecule has 0 atom stereocenters. The van der Waals surface area contributed by atoms with E-state index in [1.165, 1.54) is 0 Å². The van der Waals surface area contributed by atoms with Gasteiger partial charge in [-0.1, -0.05) is 0 Å². The summed E-state index contributed by atoms with van der Waals surface area (Å²) in [6.07, 6.45) is -3.75. The monoisotopic (exact) mass is 281 g/mol. The molecule has 8 heteroatoms. The van der Waals surface area contributed by atoms with Crippen molar-refractivity contribution in [1.29, 1.82) is 0 Å². The fraction of sp³-hybridized carbons (Fsp3) is 0.300. The Morgan fingerprint density at radius 2 is 1.83 bits per heavy atom. The predicted molar refractivity (Wildman–Crippen MR) is 59.9 cm³/mol. The number of Topliss-reactive ketones (excluding diaryl/α,β-unsaturated/α-hetero) is 1. The number of halogens is 3. The first-order valence-corrected chi connectivity index (χ1v) is 6.60. The second kappa shape index (κ2) is 4.60. The molecule has 0 aliphatic heterocycles. The van der Waals surface area contributed by atoms with Crippen LogP contribution in [-0.4, -0.2) is 20.5 Å². The summed E-state index contributed by atoms with van der Waals surface area (Å²) in [6.45, 7) is 1.06. The average molecular weight is 281 g/mol. The summed E-state index contributed by atoms with van der Waals surface area (Å²) in [5, 5.41) is 0. The number of hydrogen-bond donors (Lipinski definition) is 1. The van der Waals surface area contributed by atoms with Gasteiger partial charge in [0.25, 0.3) is 0 Å². The number of rotatable bonds is 3. The fourth-order valence-corrected chi connectivity index (χ4v) is 1.88. The Balaban J connectivity index is 3.34. The van der Waals surface area contributed by atoms with E-state index in [-0.39, 0.29) is 11.3 Å². The number of carbonyl (C=O) groups is 1. The SMILES string of the molecule is CC(=O)c1cc(C(F)(F)F)ccc1NS(C)(=O)=O. The number of hydrogen-bond acceptors (Lipinski definition) is 3. The molecule has 0 unspecified atom stereocenters. The predicted octanol–water partition coefficient (Wildman–Crippen LogP) is 2.28. The van der Waals surface area contributed by atoms with Gasteiger partial charge in [-0.05, 0) is 25.1 Å². The highest BCUT2D eigenvalue weighted by Crippen LogP contribution is 2.32. The van der Waals surface area contributed by atoms with Crippen molar-refractivity contribution >= 4 is 21.5 Å². The summed E-state index contributed by atoms with van der Waals surface area (Å²) >= 11 is 0. The van der Waals surface area contributed by atoms with Gasteiger partial charge < -0.3 is 0 Å². The Hall–Kier alpha value is -1.57. The van der Waals surface area contributed by atoms with Crippen LogP contribution in [0, 0.1) is 0 Å². The van der Waals surface area contributed by atoms with E-state index in [1.54, 1.807) is 0 Å². The third-order valence-corrected chi connectivity index (χ3v) is 2.61. The number of benzene rings is 1. The first kappa shape index (κ1) is 14.5. The summed E-state index contributed by atoms with van der Waals surface area (Å²) in [4.78, 5) is 11.2. The van der Waals surface area contributed by atoms with Gasteiger partial charge in [0.15, 0.2) is 5.78 Å². The molecule has 1 aromatic rings. The van der Waals surface area contributed by atoms with Gasteiger partial charge in [0.1, 0.15) is 0 Å². The van der Waals surface area contributed by atoms with Gasteiger partial charge in [-0.25, -0.2) is 8.42 Å². The van der Waals surface area contributed by atoms with E-state index in [0.717, 1.165) is 19.2 Å². The molecular weight excluding hydrogens is 271 g/mol. The second-order valence-electron chi connectivity index (χ2n) is 3.69. The minimum absolute atomic E-state index is 0.169.